The van der Waals surface area contributed by atoms with Crippen LogP contribution in [-0.4, -0.2) is 23.0 Å². The molecule has 24 heavy (non-hydrogen) atoms. The predicted molar refractivity (Wildman–Crippen MR) is 92.2 cm³/mol. The highest BCUT2D eigenvalue weighted by Gasteiger charge is 2.15. The Morgan fingerprint density at radius 1 is 1.33 bits per heavy atom. The lowest BCUT2D eigenvalue weighted by Gasteiger charge is -2.17. The molecule has 1 amide bonds. The van der Waals surface area contributed by atoms with E-state index in [0.29, 0.717) is 23.5 Å². The van der Waals surface area contributed by atoms with E-state index in [0.717, 1.165) is 11.3 Å². The molecule has 2 N–H and O–H groups in total. The van der Waals surface area contributed by atoms with Gasteiger partial charge in [-0.15, -0.1) is 0 Å². The van der Waals surface area contributed by atoms with Gasteiger partial charge in [0.05, 0.1) is 13.2 Å². The minimum Gasteiger partial charge on any atom is -0.496 e. The van der Waals surface area contributed by atoms with Crippen LogP contribution in [0.1, 0.15) is 42.0 Å². The normalized spacial score (nSPS) is 11.8. The van der Waals surface area contributed by atoms with Gasteiger partial charge in [-0.25, -0.2) is 4.98 Å². The van der Waals surface area contributed by atoms with Crippen molar-refractivity contribution in [1.29, 1.82) is 0 Å². The van der Waals surface area contributed by atoms with Gasteiger partial charge in [0.2, 0.25) is 5.91 Å². The molecule has 0 aliphatic heterocycles. The summed E-state index contributed by atoms with van der Waals surface area (Å²) < 4.78 is 5.31. The zero-order valence-corrected chi connectivity index (χ0v) is 14.5. The Labute approximate surface area is 141 Å². The average Bonchev–Trinajstić information content (AvgIpc) is 2.53. The van der Waals surface area contributed by atoms with Gasteiger partial charge >= 0.3 is 0 Å². The summed E-state index contributed by atoms with van der Waals surface area (Å²) in [5.74, 6) is 1.20. The monoisotopic (exact) mass is 329 g/mol. The summed E-state index contributed by atoms with van der Waals surface area (Å²) in [6.45, 7) is 5.42. The van der Waals surface area contributed by atoms with Crippen LogP contribution in [0.2, 0.25) is 0 Å². The second-order valence-corrected chi connectivity index (χ2v) is 5.75. The fraction of sp³-hybridized carbons (Fsp3) is 0.389. The van der Waals surface area contributed by atoms with E-state index in [4.69, 9.17) is 4.74 Å². The van der Waals surface area contributed by atoms with E-state index in [-0.39, 0.29) is 23.9 Å². The molecule has 1 atom stereocenters. The summed E-state index contributed by atoms with van der Waals surface area (Å²) >= 11 is 0. The van der Waals surface area contributed by atoms with Gasteiger partial charge < -0.3 is 15.0 Å². The molecule has 1 heterocycles. The molecule has 0 fully saturated rings. The van der Waals surface area contributed by atoms with Crippen molar-refractivity contribution in [2.45, 2.75) is 39.7 Å². The summed E-state index contributed by atoms with van der Waals surface area (Å²) in [5, 5.41) is 2.94. The zero-order valence-electron chi connectivity index (χ0n) is 14.5. The van der Waals surface area contributed by atoms with Crippen molar-refractivity contribution in [2.75, 3.05) is 7.11 Å². The van der Waals surface area contributed by atoms with Crippen molar-refractivity contribution < 1.29 is 9.53 Å². The van der Waals surface area contributed by atoms with Gasteiger partial charge in [-0.1, -0.05) is 18.2 Å². The Bertz CT molecular complexity index is 783. The number of aryl methyl sites for hydroxylation is 2. The summed E-state index contributed by atoms with van der Waals surface area (Å²) in [7, 11) is 1.60. The van der Waals surface area contributed by atoms with Crippen LogP contribution in [0.5, 0.6) is 5.75 Å². The smallest absolute Gasteiger partial charge is 0.254 e. The third-order valence-electron chi connectivity index (χ3n) is 3.93. The fourth-order valence-corrected chi connectivity index (χ4v) is 2.70. The number of nitrogens with zero attached hydrogens (tertiary/aromatic N) is 1. The van der Waals surface area contributed by atoms with Gasteiger partial charge in [-0.3, -0.25) is 9.59 Å². The number of amides is 1. The summed E-state index contributed by atoms with van der Waals surface area (Å²) in [6.07, 6.45) is 0.590. The van der Waals surface area contributed by atoms with Crippen molar-refractivity contribution in [3.63, 3.8) is 0 Å². The van der Waals surface area contributed by atoms with Crippen LogP contribution in [0.15, 0.2) is 29.1 Å². The molecule has 0 radical (unpaired) electrons. The number of hydrogen-bond donors (Lipinski definition) is 2. The predicted octanol–water partition coefficient (Wildman–Crippen LogP) is 2.21. The number of ether oxygens (including phenoxy) is 1. The number of carbonyl (C=O) groups is 1. The molecule has 1 aromatic carbocycles. The van der Waals surface area contributed by atoms with Crippen molar-refractivity contribution in [2.24, 2.45) is 0 Å². The minimum atomic E-state index is -0.177. The highest BCUT2D eigenvalue weighted by Crippen LogP contribution is 2.24. The molecule has 0 spiro atoms. The number of hydrogen-bond acceptors (Lipinski definition) is 4. The van der Waals surface area contributed by atoms with E-state index < -0.39 is 0 Å². The molecule has 0 unspecified atom stereocenters. The third kappa shape index (κ3) is 4.22. The largest absolute Gasteiger partial charge is 0.496 e. The molecule has 0 bridgehead atoms. The minimum absolute atomic E-state index is 0.118. The lowest BCUT2D eigenvalue weighted by molar-refractivity contribution is -0.121. The Morgan fingerprint density at radius 3 is 2.71 bits per heavy atom. The van der Waals surface area contributed by atoms with Crippen molar-refractivity contribution in [1.82, 2.24) is 15.3 Å². The number of aromatic amines is 1. The second-order valence-electron chi connectivity index (χ2n) is 5.75. The van der Waals surface area contributed by atoms with Crippen LogP contribution in [0, 0.1) is 13.8 Å². The molecule has 6 nitrogen and oxygen atoms in total. The topological polar surface area (TPSA) is 84.1 Å². The summed E-state index contributed by atoms with van der Waals surface area (Å²) in [5.41, 5.74) is 1.97. The molecular formula is C18H23N3O3. The standard InChI is InChI=1S/C18H23N3O3/c1-11(14-7-5-6-8-16(14)24-4)20-17(22)10-9-15-12(2)19-13(3)21-18(15)23/h5-8,11H,9-10H2,1-4H3,(H,20,22)(H,19,21,23)/t11-/m1/s1. The maximum absolute atomic E-state index is 12.2. The molecule has 2 aromatic rings. The van der Waals surface area contributed by atoms with Crippen LogP contribution in [0.4, 0.5) is 0 Å². The van der Waals surface area contributed by atoms with Gasteiger partial charge in [-0.2, -0.15) is 0 Å². The molecular weight excluding hydrogens is 306 g/mol. The number of aromatic nitrogens is 2. The van der Waals surface area contributed by atoms with Crippen molar-refractivity contribution in [3.8, 4) is 5.75 Å². The molecule has 0 saturated heterocycles. The van der Waals surface area contributed by atoms with Crippen LogP contribution >= 0.6 is 0 Å². The van der Waals surface area contributed by atoms with E-state index in [1.807, 2.05) is 31.2 Å². The summed E-state index contributed by atoms with van der Waals surface area (Å²) in [4.78, 5) is 31.1. The van der Waals surface area contributed by atoms with Crippen molar-refractivity contribution >= 4 is 5.91 Å². The lowest BCUT2D eigenvalue weighted by atomic mass is 10.1. The van der Waals surface area contributed by atoms with Crippen LogP contribution in [-0.2, 0) is 11.2 Å². The molecule has 2 rings (SSSR count). The molecule has 1 aromatic heterocycles. The number of rotatable bonds is 6. The fourth-order valence-electron chi connectivity index (χ4n) is 2.70. The number of H-pyrrole nitrogens is 1. The summed E-state index contributed by atoms with van der Waals surface area (Å²) in [6, 6.07) is 7.39. The Hall–Kier alpha value is -2.63. The second kappa shape index (κ2) is 7.77. The number of carbonyl (C=O) groups excluding carboxylic acids is 1. The number of para-hydroxylation sites is 1. The van der Waals surface area contributed by atoms with Gasteiger partial charge in [0.15, 0.2) is 0 Å². The third-order valence-corrected chi connectivity index (χ3v) is 3.93. The van der Waals surface area contributed by atoms with E-state index in [1.165, 1.54) is 0 Å². The number of benzene rings is 1. The Balaban J connectivity index is 2.00. The quantitative estimate of drug-likeness (QED) is 0.851. The van der Waals surface area contributed by atoms with E-state index in [2.05, 4.69) is 15.3 Å². The van der Waals surface area contributed by atoms with Gasteiger partial charge in [0, 0.05) is 23.2 Å². The van der Waals surface area contributed by atoms with E-state index >= 15 is 0 Å². The van der Waals surface area contributed by atoms with Gasteiger partial charge in [-0.05, 0) is 33.3 Å². The maximum atomic E-state index is 12.2. The molecule has 128 valence electrons. The Kier molecular flexibility index (Phi) is 5.73. The molecule has 0 aliphatic rings. The van der Waals surface area contributed by atoms with Crippen LogP contribution in [0.25, 0.3) is 0 Å². The SMILES string of the molecule is COc1ccccc1[C@@H](C)NC(=O)CCc1c(C)nc(C)[nH]c1=O. The van der Waals surface area contributed by atoms with Crippen molar-refractivity contribution in [3.05, 3.63) is 57.3 Å². The number of nitrogens with one attached hydrogen (secondary N) is 2. The van der Waals surface area contributed by atoms with Crippen LogP contribution in [0.3, 0.4) is 0 Å². The van der Waals surface area contributed by atoms with E-state index in [1.54, 1.807) is 21.0 Å². The Morgan fingerprint density at radius 2 is 2.04 bits per heavy atom. The first kappa shape index (κ1) is 17.7. The average molecular weight is 329 g/mol. The first-order chi connectivity index (χ1) is 11.4. The lowest BCUT2D eigenvalue weighted by Crippen LogP contribution is -2.28. The van der Waals surface area contributed by atoms with Gasteiger partial charge in [0.1, 0.15) is 11.6 Å². The molecule has 6 heteroatoms. The molecule has 0 saturated carbocycles. The van der Waals surface area contributed by atoms with Crippen LogP contribution < -0.4 is 15.6 Å². The highest BCUT2D eigenvalue weighted by molar-refractivity contribution is 5.76. The number of methoxy groups -OCH3 is 1. The first-order valence-electron chi connectivity index (χ1n) is 7.91. The highest BCUT2D eigenvalue weighted by atomic mass is 16.5. The van der Waals surface area contributed by atoms with E-state index in [9.17, 15) is 9.59 Å². The maximum Gasteiger partial charge on any atom is 0.254 e. The molecule has 0 aliphatic carbocycles. The van der Waals surface area contributed by atoms with Gasteiger partial charge in [0.25, 0.3) is 5.56 Å². The zero-order chi connectivity index (χ0) is 17.7. The first-order valence-corrected chi connectivity index (χ1v) is 7.91.